The van der Waals surface area contributed by atoms with Crippen molar-refractivity contribution in [1.29, 1.82) is 0 Å². The maximum absolute atomic E-state index is 12.1. The second kappa shape index (κ2) is 6.67. The number of nitrogens with one attached hydrogen (secondary N) is 2. The van der Waals surface area contributed by atoms with E-state index in [4.69, 9.17) is 4.74 Å². The Kier molecular flexibility index (Phi) is 4.63. The predicted octanol–water partition coefficient (Wildman–Crippen LogP) is 1.82. The smallest absolute Gasteiger partial charge is 0.315 e. The molecule has 0 unspecified atom stereocenters. The quantitative estimate of drug-likeness (QED) is 0.893. The minimum atomic E-state index is -0.195. The third-order valence-corrected chi connectivity index (χ3v) is 5.01. The Labute approximate surface area is 139 Å². The Balaban J connectivity index is 1.54. The lowest BCUT2D eigenvalue weighted by molar-refractivity contribution is 0.0998. The molecule has 3 heterocycles. The molecule has 0 saturated carbocycles. The van der Waals surface area contributed by atoms with E-state index in [9.17, 15) is 4.79 Å². The third kappa shape index (κ3) is 3.70. The van der Waals surface area contributed by atoms with E-state index < -0.39 is 0 Å². The maximum Gasteiger partial charge on any atom is 0.315 e. The average molecular weight is 335 g/mol. The molecule has 1 aliphatic rings. The molecule has 3 rings (SSSR count). The predicted molar refractivity (Wildman–Crippen MR) is 87.3 cm³/mol. The fourth-order valence-electron chi connectivity index (χ4n) is 2.64. The van der Waals surface area contributed by atoms with Gasteiger partial charge in [0.15, 0.2) is 0 Å². The molecule has 1 aliphatic heterocycles. The SMILES string of the molecule is Cc1nc(CNC(=O)N[C@H]2CCO[C@@H]2c2cnn(C)c2)sc1C. The number of hydrogen-bond donors (Lipinski definition) is 2. The number of aryl methyl sites for hydroxylation is 3. The molecule has 2 aromatic rings. The van der Waals surface area contributed by atoms with Crippen LogP contribution < -0.4 is 10.6 Å². The van der Waals surface area contributed by atoms with Crippen molar-refractivity contribution in [2.75, 3.05) is 6.61 Å². The van der Waals surface area contributed by atoms with Crippen LogP contribution in [0.15, 0.2) is 12.4 Å². The zero-order valence-corrected chi connectivity index (χ0v) is 14.3. The van der Waals surface area contributed by atoms with Crippen molar-refractivity contribution in [3.05, 3.63) is 33.5 Å². The van der Waals surface area contributed by atoms with E-state index in [0.717, 1.165) is 22.7 Å². The Morgan fingerprint density at radius 2 is 2.35 bits per heavy atom. The molecule has 0 aromatic carbocycles. The molecule has 2 N–H and O–H groups in total. The summed E-state index contributed by atoms with van der Waals surface area (Å²) in [5.74, 6) is 0. The normalized spacial score (nSPS) is 20.7. The Hall–Kier alpha value is -1.93. The summed E-state index contributed by atoms with van der Waals surface area (Å²) >= 11 is 1.61. The first kappa shape index (κ1) is 15.9. The number of urea groups is 1. The van der Waals surface area contributed by atoms with Gasteiger partial charge >= 0.3 is 6.03 Å². The molecule has 2 amide bonds. The lowest BCUT2D eigenvalue weighted by Crippen LogP contribution is -2.43. The van der Waals surface area contributed by atoms with Gasteiger partial charge in [-0.1, -0.05) is 0 Å². The number of carbonyl (C=O) groups is 1. The summed E-state index contributed by atoms with van der Waals surface area (Å²) in [6.45, 7) is 5.08. The van der Waals surface area contributed by atoms with Gasteiger partial charge in [0.05, 0.1) is 24.5 Å². The van der Waals surface area contributed by atoms with Crippen molar-refractivity contribution in [1.82, 2.24) is 25.4 Å². The third-order valence-electron chi connectivity index (χ3n) is 3.93. The molecule has 1 fully saturated rings. The molecule has 0 spiro atoms. The summed E-state index contributed by atoms with van der Waals surface area (Å²) in [7, 11) is 1.87. The van der Waals surface area contributed by atoms with Crippen LogP contribution in [-0.2, 0) is 18.3 Å². The molecule has 0 radical (unpaired) electrons. The molecule has 2 atom stereocenters. The van der Waals surface area contributed by atoms with E-state index in [2.05, 4.69) is 20.7 Å². The van der Waals surface area contributed by atoms with Gasteiger partial charge < -0.3 is 15.4 Å². The number of aromatic nitrogens is 3. The first-order valence-corrected chi connectivity index (χ1v) is 8.42. The van der Waals surface area contributed by atoms with Gasteiger partial charge in [0.25, 0.3) is 0 Å². The largest absolute Gasteiger partial charge is 0.371 e. The monoisotopic (exact) mass is 335 g/mol. The van der Waals surface area contributed by atoms with E-state index in [-0.39, 0.29) is 18.2 Å². The zero-order valence-electron chi connectivity index (χ0n) is 13.5. The van der Waals surface area contributed by atoms with Crippen molar-refractivity contribution in [2.24, 2.45) is 7.05 Å². The van der Waals surface area contributed by atoms with Crippen LogP contribution in [-0.4, -0.2) is 33.4 Å². The van der Waals surface area contributed by atoms with Crippen LogP contribution in [0, 0.1) is 13.8 Å². The fraction of sp³-hybridized carbons (Fsp3) is 0.533. The lowest BCUT2D eigenvalue weighted by atomic mass is 10.1. The van der Waals surface area contributed by atoms with Crippen molar-refractivity contribution in [3.63, 3.8) is 0 Å². The molecule has 2 aromatic heterocycles. The van der Waals surface area contributed by atoms with Crippen LogP contribution in [0.3, 0.4) is 0 Å². The van der Waals surface area contributed by atoms with Gasteiger partial charge in [-0.15, -0.1) is 11.3 Å². The van der Waals surface area contributed by atoms with E-state index in [1.54, 1.807) is 22.2 Å². The minimum absolute atomic E-state index is 0.0426. The molecule has 1 saturated heterocycles. The van der Waals surface area contributed by atoms with Crippen LogP contribution in [0.4, 0.5) is 4.79 Å². The molecule has 23 heavy (non-hydrogen) atoms. The van der Waals surface area contributed by atoms with E-state index in [1.165, 1.54) is 4.88 Å². The van der Waals surface area contributed by atoms with Gasteiger partial charge in [0, 0.05) is 30.3 Å². The van der Waals surface area contributed by atoms with Crippen molar-refractivity contribution in [2.45, 2.75) is 39.0 Å². The standard InChI is InChI=1S/C15H21N5O2S/c1-9-10(2)23-13(18-9)7-16-15(21)19-12-4-5-22-14(12)11-6-17-20(3)8-11/h6,8,12,14H,4-5,7H2,1-3H3,(H2,16,19,21)/t12-,14+/m0/s1. The lowest BCUT2D eigenvalue weighted by Gasteiger charge is -2.18. The van der Waals surface area contributed by atoms with Crippen LogP contribution in [0.2, 0.25) is 0 Å². The molecule has 7 nitrogen and oxygen atoms in total. The fourth-order valence-corrected chi connectivity index (χ4v) is 3.52. The van der Waals surface area contributed by atoms with Crippen LogP contribution >= 0.6 is 11.3 Å². The molecular weight excluding hydrogens is 314 g/mol. The Morgan fingerprint density at radius 1 is 1.52 bits per heavy atom. The number of hydrogen-bond acceptors (Lipinski definition) is 5. The number of carbonyl (C=O) groups excluding carboxylic acids is 1. The molecule has 124 valence electrons. The molecular formula is C15H21N5O2S. The van der Waals surface area contributed by atoms with E-state index in [1.807, 2.05) is 27.1 Å². The van der Waals surface area contributed by atoms with Gasteiger partial charge in [-0.05, 0) is 20.3 Å². The van der Waals surface area contributed by atoms with E-state index >= 15 is 0 Å². The topological polar surface area (TPSA) is 81.1 Å². The van der Waals surface area contributed by atoms with E-state index in [0.29, 0.717) is 13.2 Å². The highest BCUT2D eigenvalue weighted by Crippen LogP contribution is 2.28. The van der Waals surface area contributed by atoms with Gasteiger partial charge in [-0.3, -0.25) is 4.68 Å². The molecule has 0 bridgehead atoms. The van der Waals surface area contributed by atoms with Crippen LogP contribution in [0.1, 0.15) is 33.7 Å². The van der Waals surface area contributed by atoms with Crippen molar-refractivity contribution >= 4 is 17.4 Å². The minimum Gasteiger partial charge on any atom is -0.371 e. The average Bonchev–Trinajstić information content (AvgIpc) is 3.19. The van der Waals surface area contributed by atoms with Gasteiger partial charge in [0.1, 0.15) is 11.1 Å². The molecule has 0 aliphatic carbocycles. The summed E-state index contributed by atoms with van der Waals surface area (Å²) in [5, 5.41) is 10.9. The summed E-state index contributed by atoms with van der Waals surface area (Å²) < 4.78 is 7.48. The van der Waals surface area contributed by atoms with Crippen molar-refractivity contribution in [3.8, 4) is 0 Å². The second-order valence-corrected chi connectivity index (χ2v) is 7.00. The number of thiazole rings is 1. The summed E-state index contributed by atoms with van der Waals surface area (Å²) in [5.41, 5.74) is 2.01. The maximum atomic E-state index is 12.1. The number of rotatable bonds is 4. The molecule has 8 heteroatoms. The first-order chi connectivity index (χ1) is 11.0. The summed E-state index contributed by atoms with van der Waals surface area (Å²) in [6.07, 6.45) is 4.36. The summed E-state index contributed by atoms with van der Waals surface area (Å²) in [4.78, 5) is 17.7. The highest BCUT2D eigenvalue weighted by atomic mass is 32.1. The van der Waals surface area contributed by atoms with Crippen molar-refractivity contribution < 1.29 is 9.53 Å². The number of ether oxygens (including phenoxy) is 1. The highest BCUT2D eigenvalue weighted by molar-refractivity contribution is 7.11. The Bertz CT molecular complexity index is 676. The van der Waals surface area contributed by atoms with Crippen LogP contribution in [0.5, 0.6) is 0 Å². The number of amides is 2. The highest BCUT2D eigenvalue weighted by Gasteiger charge is 2.31. The van der Waals surface area contributed by atoms with Gasteiger partial charge in [-0.2, -0.15) is 5.10 Å². The zero-order chi connectivity index (χ0) is 16.4. The van der Waals surface area contributed by atoms with Gasteiger partial charge in [0.2, 0.25) is 0 Å². The second-order valence-electron chi connectivity index (χ2n) is 5.71. The Morgan fingerprint density at radius 3 is 3.00 bits per heavy atom. The van der Waals surface area contributed by atoms with Gasteiger partial charge in [-0.25, -0.2) is 9.78 Å². The van der Waals surface area contributed by atoms with Crippen LogP contribution in [0.25, 0.3) is 0 Å². The first-order valence-electron chi connectivity index (χ1n) is 7.60. The summed E-state index contributed by atoms with van der Waals surface area (Å²) in [6, 6.07) is -0.237. The number of nitrogens with zero attached hydrogens (tertiary/aromatic N) is 3.